The number of H-pyrrole nitrogens is 1. The minimum atomic E-state index is -1.04. The molecule has 3 aromatic rings. The van der Waals surface area contributed by atoms with Crippen LogP contribution in [0.25, 0.3) is 10.9 Å². The van der Waals surface area contributed by atoms with E-state index in [1.807, 2.05) is 48.7 Å². The van der Waals surface area contributed by atoms with Crippen LogP contribution in [0.3, 0.4) is 0 Å². The molecule has 5 nitrogen and oxygen atoms in total. The summed E-state index contributed by atoms with van der Waals surface area (Å²) >= 11 is 6.90. The van der Waals surface area contributed by atoms with Gasteiger partial charge in [0.05, 0.1) is 6.04 Å². The van der Waals surface area contributed by atoms with E-state index in [0.717, 1.165) is 31.1 Å². The molecule has 3 rings (SSSR count). The molecule has 0 saturated carbocycles. The highest BCUT2D eigenvalue weighted by Crippen LogP contribution is 2.29. The van der Waals surface area contributed by atoms with E-state index >= 15 is 0 Å². The van der Waals surface area contributed by atoms with Crippen LogP contribution in [0.15, 0.2) is 57.6 Å². The molecule has 1 unspecified atom stereocenters. The number of aromatic amines is 1. The van der Waals surface area contributed by atoms with Gasteiger partial charge in [0, 0.05) is 43.8 Å². The van der Waals surface area contributed by atoms with Crippen molar-refractivity contribution in [2.75, 3.05) is 11.9 Å². The van der Waals surface area contributed by atoms with E-state index < -0.39 is 6.09 Å². The molecule has 0 radical (unpaired) electrons. The summed E-state index contributed by atoms with van der Waals surface area (Å²) in [6.07, 6.45) is 0.871. The van der Waals surface area contributed by atoms with Crippen LogP contribution in [0, 0.1) is 0 Å². The molecule has 2 aromatic carbocycles. The smallest absolute Gasteiger partial charge is 0.404 e. The zero-order valence-electron chi connectivity index (χ0n) is 12.5. The molecule has 1 heterocycles. The summed E-state index contributed by atoms with van der Waals surface area (Å²) < 4.78 is 1.97. The van der Waals surface area contributed by atoms with Gasteiger partial charge in [0.25, 0.3) is 0 Å². The molecule has 7 heteroatoms. The molecule has 0 fully saturated rings. The lowest BCUT2D eigenvalue weighted by molar-refractivity contribution is 0.194. The van der Waals surface area contributed by atoms with Crippen LogP contribution in [0.2, 0.25) is 0 Å². The van der Waals surface area contributed by atoms with Crippen molar-refractivity contribution in [3.8, 4) is 0 Å². The van der Waals surface area contributed by atoms with E-state index in [1.165, 1.54) is 0 Å². The molecule has 4 N–H and O–H groups in total. The fraction of sp³-hybridized carbons (Fsp3) is 0.118. The second kappa shape index (κ2) is 7.27. The first-order valence-electron chi connectivity index (χ1n) is 7.28. The highest BCUT2D eigenvalue weighted by molar-refractivity contribution is 9.10. The standard InChI is InChI=1S/C17H15Br2N3O2/c18-10-1-4-12(5-2-10)22-16(9-21-17(23)24)14-8-20-15-6-3-11(19)7-13(14)15/h1-8,16,20-22H,9H2,(H,23,24). The Bertz CT molecular complexity index is 862. The lowest BCUT2D eigenvalue weighted by Crippen LogP contribution is -2.30. The van der Waals surface area contributed by atoms with Crippen LogP contribution < -0.4 is 10.6 Å². The molecule has 0 aliphatic carbocycles. The second-order valence-corrected chi connectivity index (χ2v) is 7.16. The molecule has 0 saturated heterocycles. The predicted molar refractivity (Wildman–Crippen MR) is 103 cm³/mol. The van der Waals surface area contributed by atoms with Gasteiger partial charge in [-0.2, -0.15) is 0 Å². The number of carboxylic acid groups (broad SMARTS) is 1. The van der Waals surface area contributed by atoms with Crippen molar-refractivity contribution in [1.82, 2.24) is 10.3 Å². The van der Waals surface area contributed by atoms with Crippen molar-refractivity contribution < 1.29 is 9.90 Å². The van der Waals surface area contributed by atoms with E-state index in [0.29, 0.717) is 0 Å². The van der Waals surface area contributed by atoms with E-state index in [9.17, 15) is 4.79 Å². The number of benzene rings is 2. The first kappa shape index (κ1) is 16.9. The fourth-order valence-corrected chi connectivity index (χ4v) is 3.20. The van der Waals surface area contributed by atoms with Crippen molar-refractivity contribution in [1.29, 1.82) is 0 Å². The maximum Gasteiger partial charge on any atom is 0.404 e. The number of nitrogens with one attached hydrogen (secondary N) is 3. The van der Waals surface area contributed by atoms with Gasteiger partial charge in [-0.1, -0.05) is 31.9 Å². The van der Waals surface area contributed by atoms with Crippen LogP contribution in [0.4, 0.5) is 10.5 Å². The fourth-order valence-electron chi connectivity index (χ4n) is 2.58. The second-order valence-electron chi connectivity index (χ2n) is 5.32. The number of fused-ring (bicyclic) bond motifs is 1. The summed E-state index contributed by atoms with van der Waals surface area (Å²) in [6.45, 7) is 0.255. The monoisotopic (exact) mass is 451 g/mol. The molecule has 0 spiro atoms. The number of amides is 1. The number of halogens is 2. The Labute approximate surface area is 155 Å². The Balaban J connectivity index is 1.94. The number of carbonyl (C=O) groups is 1. The van der Waals surface area contributed by atoms with Crippen LogP contribution >= 0.6 is 31.9 Å². The number of aromatic nitrogens is 1. The van der Waals surface area contributed by atoms with Gasteiger partial charge in [0.15, 0.2) is 0 Å². The van der Waals surface area contributed by atoms with Gasteiger partial charge in [0.1, 0.15) is 0 Å². The average Bonchev–Trinajstić information content (AvgIpc) is 2.96. The number of anilines is 1. The summed E-state index contributed by atoms with van der Waals surface area (Å²) in [7, 11) is 0. The van der Waals surface area contributed by atoms with Crippen molar-refractivity contribution in [3.05, 3.63) is 63.2 Å². The summed E-state index contributed by atoms with van der Waals surface area (Å²) in [5.41, 5.74) is 2.92. The maximum absolute atomic E-state index is 10.9. The molecule has 0 bridgehead atoms. The van der Waals surface area contributed by atoms with Crippen molar-refractivity contribution in [3.63, 3.8) is 0 Å². The summed E-state index contributed by atoms with van der Waals surface area (Å²) in [6, 6.07) is 13.6. The molecule has 0 aliphatic heterocycles. The van der Waals surface area contributed by atoms with E-state index in [1.54, 1.807) is 0 Å². The Kier molecular flexibility index (Phi) is 5.11. The predicted octanol–water partition coefficient (Wildman–Crippen LogP) is 5.11. The number of hydrogen-bond donors (Lipinski definition) is 4. The first-order chi connectivity index (χ1) is 11.5. The Morgan fingerprint density at radius 3 is 2.54 bits per heavy atom. The van der Waals surface area contributed by atoms with Crippen molar-refractivity contribution in [2.45, 2.75) is 6.04 Å². The third kappa shape index (κ3) is 3.91. The quantitative estimate of drug-likeness (QED) is 0.434. The van der Waals surface area contributed by atoms with E-state index in [2.05, 4.69) is 47.5 Å². The maximum atomic E-state index is 10.9. The lowest BCUT2D eigenvalue weighted by Gasteiger charge is -2.20. The number of hydrogen-bond acceptors (Lipinski definition) is 2. The van der Waals surface area contributed by atoms with Gasteiger partial charge < -0.3 is 20.7 Å². The van der Waals surface area contributed by atoms with Gasteiger partial charge >= 0.3 is 6.09 Å². The normalized spacial score (nSPS) is 12.1. The largest absolute Gasteiger partial charge is 0.465 e. The summed E-state index contributed by atoms with van der Waals surface area (Å²) in [5.74, 6) is 0. The van der Waals surface area contributed by atoms with Gasteiger partial charge in [0.2, 0.25) is 0 Å². The zero-order chi connectivity index (χ0) is 17.1. The third-order valence-electron chi connectivity index (χ3n) is 3.69. The minimum Gasteiger partial charge on any atom is -0.465 e. The van der Waals surface area contributed by atoms with Crippen LogP contribution in [-0.2, 0) is 0 Å². The van der Waals surface area contributed by atoms with Crippen LogP contribution in [0.1, 0.15) is 11.6 Å². The molecule has 24 heavy (non-hydrogen) atoms. The molecular weight excluding hydrogens is 438 g/mol. The molecular formula is C17H15Br2N3O2. The Hall–Kier alpha value is -1.99. The van der Waals surface area contributed by atoms with Crippen molar-refractivity contribution in [2.24, 2.45) is 0 Å². The van der Waals surface area contributed by atoms with Gasteiger partial charge in [-0.05, 0) is 42.5 Å². The lowest BCUT2D eigenvalue weighted by atomic mass is 10.1. The van der Waals surface area contributed by atoms with Crippen LogP contribution in [0.5, 0.6) is 0 Å². The number of rotatable bonds is 5. The van der Waals surface area contributed by atoms with Crippen molar-refractivity contribution >= 4 is 54.5 Å². The summed E-state index contributed by atoms with van der Waals surface area (Å²) in [5, 5.41) is 15.9. The molecule has 0 aliphatic rings. The Morgan fingerprint density at radius 2 is 1.83 bits per heavy atom. The highest BCUT2D eigenvalue weighted by Gasteiger charge is 2.17. The average molecular weight is 453 g/mol. The highest BCUT2D eigenvalue weighted by atomic mass is 79.9. The Morgan fingerprint density at radius 1 is 1.12 bits per heavy atom. The topological polar surface area (TPSA) is 77.2 Å². The first-order valence-corrected chi connectivity index (χ1v) is 8.87. The minimum absolute atomic E-state index is 0.203. The molecule has 1 aromatic heterocycles. The zero-order valence-corrected chi connectivity index (χ0v) is 15.7. The summed E-state index contributed by atoms with van der Waals surface area (Å²) in [4.78, 5) is 14.2. The molecule has 1 atom stereocenters. The SMILES string of the molecule is O=C(O)NCC(Nc1ccc(Br)cc1)c1c[nH]c2ccc(Br)cc12. The van der Waals surface area contributed by atoms with E-state index in [-0.39, 0.29) is 12.6 Å². The molecule has 1 amide bonds. The van der Waals surface area contributed by atoms with E-state index in [4.69, 9.17) is 5.11 Å². The van der Waals surface area contributed by atoms with Gasteiger partial charge in [-0.3, -0.25) is 0 Å². The third-order valence-corrected chi connectivity index (χ3v) is 4.72. The van der Waals surface area contributed by atoms with Gasteiger partial charge in [-0.25, -0.2) is 4.79 Å². The molecule has 124 valence electrons. The van der Waals surface area contributed by atoms with Gasteiger partial charge in [-0.15, -0.1) is 0 Å². The van der Waals surface area contributed by atoms with Crippen LogP contribution in [-0.4, -0.2) is 22.7 Å².